The van der Waals surface area contributed by atoms with Gasteiger partial charge in [0.05, 0.1) is 17.7 Å². The number of nitrogens with zero attached hydrogens (tertiary/aromatic N) is 3. The highest BCUT2D eigenvalue weighted by molar-refractivity contribution is 5.34. The van der Waals surface area contributed by atoms with Crippen LogP contribution < -0.4 is 0 Å². The first-order valence-corrected chi connectivity index (χ1v) is 7.78. The summed E-state index contributed by atoms with van der Waals surface area (Å²) < 4.78 is 0. The second kappa shape index (κ2) is 7.56. The zero-order chi connectivity index (χ0) is 15.2. The second-order valence-electron chi connectivity index (χ2n) is 5.81. The lowest BCUT2D eigenvalue weighted by Gasteiger charge is -2.38. The Kier molecular flexibility index (Phi) is 5.75. The number of β-amino-alcohol motifs (C(OH)–C–C–N with tert-alkyl or cyclic N) is 1. The summed E-state index contributed by atoms with van der Waals surface area (Å²) >= 11 is 0. The molecule has 1 N–H and O–H groups in total. The molecule has 1 heterocycles. The van der Waals surface area contributed by atoms with Gasteiger partial charge in [-0.05, 0) is 31.0 Å². The van der Waals surface area contributed by atoms with Gasteiger partial charge in [-0.2, -0.15) is 5.26 Å². The van der Waals surface area contributed by atoms with E-state index in [-0.39, 0.29) is 6.10 Å². The van der Waals surface area contributed by atoms with Crippen LogP contribution in [-0.4, -0.2) is 53.7 Å². The maximum atomic E-state index is 9.74. The Morgan fingerprint density at radius 2 is 2.00 bits per heavy atom. The minimum Gasteiger partial charge on any atom is -0.392 e. The Labute approximate surface area is 127 Å². The van der Waals surface area contributed by atoms with Gasteiger partial charge in [0.15, 0.2) is 0 Å². The summed E-state index contributed by atoms with van der Waals surface area (Å²) in [6, 6.07) is 10.4. The maximum absolute atomic E-state index is 9.74. The van der Waals surface area contributed by atoms with Gasteiger partial charge >= 0.3 is 0 Å². The Bertz CT molecular complexity index is 489. The Morgan fingerprint density at radius 3 is 2.62 bits per heavy atom. The summed E-state index contributed by atoms with van der Waals surface area (Å²) in [5.74, 6) is 0. The number of rotatable bonds is 5. The average Bonchev–Trinajstić information content (AvgIpc) is 2.54. The van der Waals surface area contributed by atoms with E-state index in [2.05, 4.69) is 28.9 Å². The Balaban J connectivity index is 1.91. The normalized spacial score (nSPS) is 19.9. The number of benzene rings is 1. The molecular formula is C17H25N3O. The number of aliphatic hydroxyl groups excluding tert-OH is 1. The van der Waals surface area contributed by atoms with E-state index in [1.54, 1.807) is 0 Å². The van der Waals surface area contributed by atoms with Crippen molar-refractivity contribution in [2.24, 2.45) is 0 Å². The Hall–Kier alpha value is -1.41. The summed E-state index contributed by atoms with van der Waals surface area (Å²) in [4.78, 5) is 4.79. The van der Waals surface area contributed by atoms with Crippen molar-refractivity contribution in [1.82, 2.24) is 9.80 Å². The summed E-state index contributed by atoms with van der Waals surface area (Å²) in [5.41, 5.74) is 1.93. The molecule has 0 radical (unpaired) electrons. The molecule has 1 aromatic carbocycles. The minimum absolute atomic E-state index is 0.207. The first kappa shape index (κ1) is 16.0. The number of hydrogen-bond donors (Lipinski definition) is 1. The SMILES string of the molecule is CC[C@H](O)CN1CCN([C@H](C)c2cccc(C#N)c2)CC1. The van der Waals surface area contributed by atoms with Crippen LogP contribution in [0.5, 0.6) is 0 Å². The van der Waals surface area contributed by atoms with Crippen LogP contribution in [0.15, 0.2) is 24.3 Å². The monoisotopic (exact) mass is 287 g/mol. The smallest absolute Gasteiger partial charge is 0.0991 e. The van der Waals surface area contributed by atoms with Crippen molar-refractivity contribution in [2.75, 3.05) is 32.7 Å². The van der Waals surface area contributed by atoms with Gasteiger partial charge in [0.2, 0.25) is 0 Å². The van der Waals surface area contributed by atoms with E-state index in [0.29, 0.717) is 6.04 Å². The first-order chi connectivity index (χ1) is 10.1. The third-order valence-corrected chi connectivity index (χ3v) is 4.39. The molecule has 1 aliphatic rings. The highest BCUT2D eigenvalue weighted by Crippen LogP contribution is 2.22. The van der Waals surface area contributed by atoms with Crippen molar-refractivity contribution in [2.45, 2.75) is 32.4 Å². The Morgan fingerprint density at radius 1 is 1.29 bits per heavy atom. The lowest BCUT2D eigenvalue weighted by atomic mass is 10.0. The van der Waals surface area contributed by atoms with Gasteiger partial charge in [0, 0.05) is 38.8 Å². The fourth-order valence-electron chi connectivity index (χ4n) is 2.84. The van der Waals surface area contributed by atoms with E-state index in [9.17, 15) is 5.11 Å². The molecule has 0 unspecified atom stereocenters. The van der Waals surface area contributed by atoms with E-state index in [1.165, 1.54) is 5.56 Å². The van der Waals surface area contributed by atoms with E-state index >= 15 is 0 Å². The van der Waals surface area contributed by atoms with Crippen LogP contribution in [0.25, 0.3) is 0 Å². The average molecular weight is 287 g/mol. The minimum atomic E-state index is -0.207. The summed E-state index contributed by atoms with van der Waals surface area (Å²) in [6.45, 7) is 9.02. The number of hydrogen-bond acceptors (Lipinski definition) is 4. The molecule has 2 atom stereocenters. The molecule has 0 spiro atoms. The van der Waals surface area contributed by atoms with E-state index in [0.717, 1.165) is 44.7 Å². The molecule has 1 saturated heterocycles. The third-order valence-electron chi connectivity index (χ3n) is 4.39. The zero-order valence-electron chi connectivity index (χ0n) is 13.0. The van der Waals surface area contributed by atoms with E-state index in [4.69, 9.17) is 5.26 Å². The molecule has 0 bridgehead atoms. The summed E-state index contributed by atoms with van der Waals surface area (Å²) in [7, 11) is 0. The van der Waals surface area contributed by atoms with Crippen LogP contribution in [-0.2, 0) is 0 Å². The lowest BCUT2D eigenvalue weighted by Crippen LogP contribution is -2.49. The standard InChI is InChI=1S/C17H25N3O/c1-3-17(21)13-19-7-9-20(10-8-19)14(2)16-6-4-5-15(11-16)12-18/h4-6,11,14,17,21H,3,7-10,13H2,1-2H3/t14-,17+/m1/s1. The highest BCUT2D eigenvalue weighted by Gasteiger charge is 2.23. The van der Waals surface area contributed by atoms with E-state index in [1.807, 2.05) is 25.1 Å². The molecule has 0 amide bonds. The van der Waals surface area contributed by atoms with Crippen molar-refractivity contribution in [3.8, 4) is 6.07 Å². The second-order valence-corrected chi connectivity index (χ2v) is 5.81. The molecule has 0 saturated carbocycles. The van der Waals surface area contributed by atoms with Crippen molar-refractivity contribution in [3.63, 3.8) is 0 Å². The topological polar surface area (TPSA) is 50.5 Å². The van der Waals surface area contributed by atoms with Gasteiger partial charge in [-0.1, -0.05) is 19.1 Å². The predicted molar refractivity (Wildman–Crippen MR) is 83.9 cm³/mol. The molecule has 1 fully saturated rings. The molecule has 1 aliphatic heterocycles. The molecule has 114 valence electrons. The lowest BCUT2D eigenvalue weighted by molar-refractivity contribution is 0.0579. The van der Waals surface area contributed by atoms with Gasteiger partial charge < -0.3 is 5.11 Å². The van der Waals surface area contributed by atoms with Gasteiger partial charge in [0.1, 0.15) is 0 Å². The highest BCUT2D eigenvalue weighted by atomic mass is 16.3. The zero-order valence-corrected chi connectivity index (χ0v) is 13.0. The molecule has 4 nitrogen and oxygen atoms in total. The van der Waals surface area contributed by atoms with Gasteiger partial charge in [-0.15, -0.1) is 0 Å². The molecule has 1 aromatic rings. The van der Waals surface area contributed by atoms with Crippen LogP contribution in [0.1, 0.15) is 37.4 Å². The largest absolute Gasteiger partial charge is 0.392 e. The van der Waals surface area contributed by atoms with E-state index < -0.39 is 0 Å². The van der Waals surface area contributed by atoms with Crippen molar-refractivity contribution < 1.29 is 5.11 Å². The quantitative estimate of drug-likeness (QED) is 0.900. The van der Waals surface area contributed by atoms with Crippen LogP contribution in [0, 0.1) is 11.3 Å². The summed E-state index contributed by atoms with van der Waals surface area (Å²) in [5, 5.41) is 18.7. The van der Waals surface area contributed by atoms with Crippen LogP contribution >= 0.6 is 0 Å². The van der Waals surface area contributed by atoms with Crippen molar-refractivity contribution in [3.05, 3.63) is 35.4 Å². The van der Waals surface area contributed by atoms with Gasteiger partial charge in [-0.3, -0.25) is 9.80 Å². The molecule has 0 aliphatic carbocycles. The third kappa shape index (κ3) is 4.28. The number of piperazine rings is 1. The molecule has 4 heteroatoms. The number of aliphatic hydroxyl groups is 1. The molecule has 2 rings (SSSR count). The predicted octanol–water partition coefficient (Wildman–Crippen LogP) is 2.01. The number of nitriles is 1. The van der Waals surface area contributed by atoms with Crippen LogP contribution in [0.3, 0.4) is 0 Å². The van der Waals surface area contributed by atoms with Crippen molar-refractivity contribution >= 4 is 0 Å². The fourth-order valence-corrected chi connectivity index (χ4v) is 2.84. The van der Waals surface area contributed by atoms with Crippen molar-refractivity contribution in [1.29, 1.82) is 5.26 Å². The molecular weight excluding hydrogens is 262 g/mol. The first-order valence-electron chi connectivity index (χ1n) is 7.78. The molecule has 0 aromatic heterocycles. The maximum Gasteiger partial charge on any atom is 0.0991 e. The van der Waals surface area contributed by atoms with Gasteiger partial charge in [0.25, 0.3) is 0 Å². The molecule has 21 heavy (non-hydrogen) atoms. The van der Waals surface area contributed by atoms with Gasteiger partial charge in [-0.25, -0.2) is 0 Å². The summed E-state index contributed by atoms with van der Waals surface area (Å²) in [6.07, 6.45) is 0.610. The fraction of sp³-hybridized carbons (Fsp3) is 0.588. The van der Waals surface area contributed by atoms with Crippen LogP contribution in [0.2, 0.25) is 0 Å². The van der Waals surface area contributed by atoms with Crippen LogP contribution in [0.4, 0.5) is 0 Å².